The maximum atomic E-state index is 13.1. The maximum Gasteiger partial charge on any atom is 0.131 e. The first-order chi connectivity index (χ1) is 6.29. The van der Waals surface area contributed by atoms with E-state index in [4.69, 9.17) is 10.5 Å². The Labute approximate surface area is 77.5 Å². The normalized spacial score (nSPS) is 10.1. The maximum absolute atomic E-state index is 13.1. The van der Waals surface area contributed by atoms with Crippen LogP contribution in [-0.2, 0) is 6.54 Å². The molecule has 0 bridgehead atoms. The van der Waals surface area contributed by atoms with E-state index in [-0.39, 0.29) is 12.4 Å². The highest BCUT2D eigenvalue weighted by Gasteiger charge is 2.06. The van der Waals surface area contributed by atoms with Crippen molar-refractivity contribution in [3.8, 4) is 5.75 Å². The molecule has 0 heterocycles. The molecule has 72 valence electrons. The van der Waals surface area contributed by atoms with Crippen LogP contribution in [0.2, 0.25) is 0 Å². The van der Waals surface area contributed by atoms with Crippen LogP contribution in [0.15, 0.2) is 18.2 Å². The summed E-state index contributed by atoms with van der Waals surface area (Å²) in [7, 11) is 0. The Hall–Kier alpha value is -1.09. The van der Waals surface area contributed by atoms with Gasteiger partial charge in [0.15, 0.2) is 0 Å². The topological polar surface area (TPSA) is 35.2 Å². The van der Waals surface area contributed by atoms with E-state index in [1.54, 1.807) is 12.1 Å². The van der Waals surface area contributed by atoms with Crippen molar-refractivity contribution in [2.24, 2.45) is 5.73 Å². The summed E-state index contributed by atoms with van der Waals surface area (Å²) in [6.45, 7) is 2.77. The lowest BCUT2D eigenvalue weighted by Crippen LogP contribution is -2.05. The van der Waals surface area contributed by atoms with Crippen molar-refractivity contribution in [1.29, 1.82) is 0 Å². The number of ether oxygens (including phenoxy) is 1. The van der Waals surface area contributed by atoms with Gasteiger partial charge >= 0.3 is 0 Å². The smallest absolute Gasteiger partial charge is 0.131 e. The molecule has 0 amide bonds. The van der Waals surface area contributed by atoms with Gasteiger partial charge < -0.3 is 10.5 Å². The first kappa shape index (κ1) is 9.99. The molecular weight excluding hydrogens is 169 g/mol. The zero-order chi connectivity index (χ0) is 9.68. The monoisotopic (exact) mass is 183 g/mol. The molecular formula is C10H14FNO. The Bertz CT molecular complexity index is 276. The Morgan fingerprint density at radius 3 is 2.85 bits per heavy atom. The van der Waals surface area contributed by atoms with Crippen molar-refractivity contribution in [2.75, 3.05) is 6.61 Å². The van der Waals surface area contributed by atoms with Crippen LogP contribution < -0.4 is 10.5 Å². The van der Waals surface area contributed by atoms with Gasteiger partial charge in [0.2, 0.25) is 0 Å². The van der Waals surface area contributed by atoms with Crippen LogP contribution in [0.3, 0.4) is 0 Å². The number of benzene rings is 1. The van der Waals surface area contributed by atoms with Gasteiger partial charge in [-0.2, -0.15) is 0 Å². The molecule has 2 N–H and O–H groups in total. The summed E-state index contributed by atoms with van der Waals surface area (Å²) in [6.07, 6.45) is 0.903. The lowest BCUT2D eigenvalue weighted by Gasteiger charge is -2.09. The van der Waals surface area contributed by atoms with Crippen LogP contribution >= 0.6 is 0 Å². The first-order valence-electron chi connectivity index (χ1n) is 4.39. The largest absolute Gasteiger partial charge is 0.493 e. The average Bonchev–Trinajstić information content (AvgIpc) is 2.15. The van der Waals surface area contributed by atoms with Crippen molar-refractivity contribution in [3.05, 3.63) is 29.6 Å². The number of hydrogen-bond donors (Lipinski definition) is 1. The van der Waals surface area contributed by atoms with Crippen molar-refractivity contribution in [1.82, 2.24) is 0 Å². The van der Waals surface area contributed by atoms with Gasteiger partial charge in [-0.15, -0.1) is 0 Å². The van der Waals surface area contributed by atoms with E-state index in [0.29, 0.717) is 17.9 Å². The van der Waals surface area contributed by atoms with Gasteiger partial charge in [-0.05, 0) is 18.6 Å². The third-order valence-corrected chi connectivity index (χ3v) is 1.74. The molecule has 2 nitrogen and oxygen atoms in total. The summed E-state index contributed by atoms with van der Waals surface area (Å²) in [5.74, 6) is 0.264. The Morgan fingerprint density at radius 2 is 2.23 bits per heavy atom. The molecule has 0 unspecified atom stereocenters. The second kappa shape index (κ2) is 4.82. The van der Waals surface area contributed by atoms with Gasteiger partial charge in [0.1, 0.15) is 11.6 Å². The Morgan fingerprint density at radius 1 is 1.46 bits per heavy atom. The van der Waals surface area contributed by atoms with E-state index in [2.05, 4.69) is 0 Å². The van der Waals surface area contributed by atoms with Crippen LogP contribution in [0, 0.1) is 5.82 Å². The number of nitrogens with two attached hydrogens (primary N) is 1. The van der Waals surface area contributed by atoms with Crippen LogP contribution in [0.5, 0.6) is 5.75 Å². The molecule has 1 aromatic rings. The lowest BCUT2D eigenvalue weighted by atomic mass is 10.2. The van der Waals surface area contributed by atoms with Crippen LogP contribution in [-0.4, -0.2) is 6.61 Å². The fourth-order valence-electron chi connectivity index (χ4n) is 1.08. The number of halogens is 1. The predicted octanol–water partition coefficient (Wildman–Crippen LogP) is 2.07. The van der Waals surface area contributed by atoms with E-state index < -0.39 is 0 Å². The van der Waals surface area contributed by atoms with E-state index in [1.807, 2.05) is 6.92 Å². The molecule has 0 saturated carbocycles. The summed E-state index contributed by atoms with van der Waals surface area (Å²) in [4.78, 5) is 0. The van der Waals surface area contributed by atoms with Crippen molar-refractivity contribution in [2.45, 2.75) is 19.9 Å². The van der Waals surface area contributed by atoms with Gasteiger partial charge in [0, 0.05) is 12.1 Å². The van der Waals surface area contributed by atoms with E-state index in [9.17, 15) is 4.39 Å². The average molecular weight is 183 g/mol. The van der Waals surface area contributed by atoms with Crippen LogP contribution in [0.4, 0.5) is 4.39 Å². The van der Waals surface area contributed by atoms with Gasteiger partial charge in [0.05, 0.1) is 6.61 Å². The third kappa shape index (κ3) is 2.42. The SMILES string of the molecule is CCCOc1cccc(F)c1CN. The van der Waals surface area contributed by atoms with Crippen molar-refractivity contribution < 1.29 is 9.13 Å². The van der Waals surface area contributed by atoms with Gasteiger partial charge in [-0.25, -0.2) is 4.39 Å². The van der Waals surface area contributed by atoms with Crippen LogP contribution in [0.25, 0.3) is 0 Å². The van der Waals surface area contributed by atoms with Gasteiger partial charge in [-0.1, -0.05) is 13.0 Å². The fraction of sp³-hybridized carbons (Fsp3) is 0.400. The summed E-state index contributed by atoms with van der Waals surface area (Å²) < 4.78 is 18.5. The van der Waals surface area contributed by atoms with Gasteiger partial charge in [0.25, 0.3) is 0 Å². The minimum atomic E-state index is -0.295. The molecule has 0 aliphatic heterocycles. The Kier molecular flexibility index (Phi) is 3.71. The van der Waals surface area contributed by atoms with E-state index in [1.165, 1.54) is 6.07 Å². The van der Waals surface area contributed by atoms with Gasteiger partial charge in [-0.3, -0.25) is 0 Å². The summed E-state index contributed by atoms with van der Waals surface area (Å²) in [5.41, 5.74) is 5.86. The molecule has 0 fully saturated rings. The highest BCUT2D eigenvalue weighted by Crippen LogP contribution is 2.20. The molecule has 0 saturated heterocycles. The number of hydrogen-bond acceptors (Lipinski definition) is 2. The van der Waals surface area contributed by atoms with E-state index >= 15 is 0 Å². The molecule has 13 heavy (non-hydrogen) atoms. The molecule has 1 aromatic carbocycles. The molecule has 3 heteroatoms. The highest BCUT2D eigenvalue weighted by molar-refractivity contribution is 5.34. The van der Waals surface area contributed by atoms with Crippen molar-refractivity contribution >= 4 is 0 Å². The second-order valence-corrected chi connectivity index (χ2v) is 2.77. The lowest BCUT2D eigenvalue weighted by molar-refractivity contribution is 0.312. The van der Waals surface area contributed by atoms with E-state index in [0.717, 1.165) is 6.42 Å². The summed E-state index contributed by atoms with van der Waals surface area (Å²) in [6, 6.07) is 4.75. The molecule has 0 aliphatic carbocycles. The Balaban J connectivity index is 2.85. The summed E-state index contributed by atoms with van der Waals surface area (Å²) >= 11 is 0. The van der Waals surface area contributed by atoms with Crippen LogP contribution in [0.1, 0.15) is 18.9 Å². The first-order valence-corrected chi connectivity index (χ1v) is 4.39. The zero-order valence-corrected chi connectivity index (χ0v) is 7.72. The van der Waals surface area contributed by atoms with Crippen molar-refractivity contribution in [3.63, 3.8) is 0 Å². The minimum absolute atomic E-state index is 0.172. The number of rotatable bonds is 4. The molecule has 0 radical (unpaired) electrons. The fourth-order valence-corrected chi connectivity index (χ4v) is 1.08. The minimum Gasteiger partial charge on any atom is -0.493 e. The molecule has 0 spiro atoms. The predicted molar refractivity (Wildman–Crippen MR) is 50.1 cm³/mol. The summed E-state index contributed by atoms with van der Waals surface area (Å²) in [5, 5.41) is 0. The molecule has 0 atom stereocenters. The quantitative estimate of drug-likeness (QED) is 0.775. The molecule has 0 aromatic heterocycles. The zero-order valence-electron chi connectivity index (χ0n) is 7.72. The molecule has 1 rings (SSSR count). The second-order valence-electron chi connectivity index (χ2n) is 2.77. The molecule has 0 aliphatic rings. The standard InChI is InChI=1S/C10H14FNO/c1-2-6-13-10-5-3-4-9(11)8(10)7-12/h3-5H,2,6-7,12H2,1H3. The third-order valence-electron chi connectivity index (χ3n) is 1.74. The highest BCUT2D eigenvalue weighted by atomic mass is 19.1.